The van der Waals surface area contributed by atoms with Gasteiger partial charge < -0.3 is 14.8 Å². The number of amides is 1. The van der Waals surface area contributed by atoms with E-state index in [2.05, 4.69) is 10.0 Å². The Morgan fingerprint density at radius 2 is 1.58 bits per heavy atom. The van der Waals surface area contributed by atoms with E-state index in [0.29, 0.717) is 6.42 Å². The van der Waals surface area contributed by atoms with Crippen LogP contribution in [0.15, 0.2) is 30.3 Å². The van der Waals surface area contributed by atoms with Crippen LogP contribution in [-0.4, -0.2) is 55.9 Å². The molecule has 0 saturated carbocycles. The van der Waals surface area contributed by atoms with Crippen LogP contribution in [0, 0.1) is 0 Å². The number of hydrogen-bond acceptors (Lipinski definition) is 6. The van der Waals surface area contributed by atoms with Crippen molar-refractivity contribution >= 4 is 21.9 Å². The lowest BCUT2D eigenvalue weighted by molar-refractivity contribution is -0.158. The number of nitrogens with one attached hydrogen (secondary N) is 2. The SMILES string of the molecule is CC(NC(=O)C(COC(C)(C)C)NS(=O)(=O)CCc1ccccc1)C(=O)OC(C)(C)C. The minimum absolute atomic E-state index is 0.180. The van der Waals surface area contributed by atoms with Gasteiger partial charge in [-0.05, 0) is 60.5 Å². The standard InChI is InChI=1S/C22H36N2O6S/c1-16(20(26)30-22(5,6)7)23-19(25)18(15-29-21(2,3)4)24-31(27,28)14-13-17-11-9-8-10-12-17/h8-12,16,18,24H,13-15H2,1-7H3,(H,23,25). The van der Waals surface area contributed by atoms with Crippen LogP contribution in [0.3, 0.4) is 0 Å². The Morgan fingerprint density at radius 1 is 1.00 bits per heavy atom. The Labute approximate surface area is 186 Å². The minimum atomic E-state index is -3.78. The summed E-state index contributed by atoms with van der Waals surface area (Å²) in [6.45, 7) is 11.9. The van der Waals surface area contributed by atoms with E-state index in [1.165, 1.54) is 6.92 Å². The van der Waals surface area contributed by atoms with Gasteiger partial charge in [-0.3, -0.25) is 4.79 Å². The summed E-state index contributed by atoms with van der Waals surface area (Å²) in [4.78, 5) is 24.9. The van der Waals surface area contributed by atoms with Gasteiger partial charge in [0.2, 0.25) is 15.9 Å². The van der Waals surface area contributed by atoms with Gasteiger partial charge in [-0.1, -0.05) is 30.3 Å². The van der Waals surface area contributed by atoms with E-state index in [0.717, 1.165) is 5.56 Å². The maximum atomic E-state index is 12.8. The zero-order valence-electron chi connectivity index (χ0n) is 19.5. The molecule has 2 N–H and O–H groups in total. The van der Waals surface area contributed by atoms with Gasteiger partial charge in [0.05, 0.1) is 18.0 Å². The van der Waals surface area contributed by atoms with Gasteiger partial charge in [0.1, 0.15) is 17.7 Å². The van der Waals surface area contributed by atoms with Crippen LogP contribution < -0.4 is 10.0 Å². The van der Waals surface area contributed by atoms with Crippen molar-refractivity contribution in [1.29, 1.82) is 0 Å². The summed E-state index contributed by atoms with van der Waals surface area (Å²) in [7, 11) is -3.78. The Kier molecular flexibility index (Phi) is 9.66. The number of rotatable bonds is 10. The van der Waals surface area contributed by atoms with Gasteiger partial charge in [0, 0.05) is 0 Å². The molecule has 0 aromatic heterocycles. The van der Waals surface area contributed by atoms with Gasteiger partial charge in [-0.25, -0.2) is 17.9 Å². The quantitative estimate of drug-likeness (QED) is 0.522. The highest BCUT2D eigenvalue weighted by Crippen LogP contribution is 2.10. The fraction of sp³-hybridized carbons (Fsp3) is 0.636. The second kappa shape index (κ2) is 11.1. The fourth-order valence-corrected chi connectivity index (χ4v) is 3.66. The summed E-state index contributed by atoms with van der Waals surface area (Å²) in [5, 5.41) is 2.51. The number of ether oxygens (including phenoxy) is 2. The number of aryl methyl sites for hydroxylation is 1. The highest BCUT2D eigenvalue weighted by atomic mass is 32.2. The molecule has 8 nitrogen and oxygen atoms in total. The molecule has 31 heavy (non-hydrogen) atoms. The van der Waals surface area contributed by atoms with Crippen molar-refractivity contribution in [3.63, 3.8) is 0 Å². The van der Waals surface area contributed by atoms with Crippen molar-refractivity contribution in [2.45, 2.75) is 78.2 Å². The van der Waals surface area contributed by atoms with Crippen LogP contribution in [-0.2, 0) is 35.5 Å². The van der Waals surface area contributed by atoms with Gasteiger partial charge in [0.15, 0.2) is 0 Å². The molecule has 2 atom stereocenters. The molecule has 0 aliphatic rings. The molecule has 0 radical (unpaired) electrons. The largest absolute Gasteiger partial charge is 0.458 e. The number of carbonyl (C=O) groups is 2. The van der Waals surface area contributed by atoms with Crippen molar-refractivity contribution < 1.29 is 27.5 Å². The molecular weight excluding hydrogens is 420 g/mol. The first-order valence-electron chi connectivity index (χ1n) is 10.3. The fourth-order valence-electron chi connectivity index (χ4n) is 2.43. The Hall–Kier alpha value is -1.97. The summed E-state index contributed by atoms with van der Waals surface area (Å²) < 4.78 is 38.5. The van der Waals surface area contributed by atoms with E-state index in [-0.39, 0.29) is 12.4 Å². The van der Waals surface area contributed by atoms with E-state index in [9.17, 15) is 18.0 Å². The van der Waals surface area contributed by atoms with E-state index >= 15 is 0 Å². The number of hydrogen-bond donors (Lipinski definition) is 2. The normalized spacial score (nSPS) is 14.5. The maximum absolute atomic E-state index is 12.8. The van der Waals surface area contributed by atoms with E-state index in [4.69, 9.17) is 9.47 Å². The number of sulfonamides is 1. The molecule has 0 spiro atoms. The molecule has 0 saturated heterocycles. The number of esters is 1. The molecule has 0 aliphatic heterocycles. The lowest BCUT2D eigenvalue weighted by Crippen LogP contribution is -2.54. The third kappa shape index (κ3) is 11.9. The molecule has 0 fully saturated rings. The molecule has 0 aliphatic carbocycles. The van der Waals surface area contributed by atoms with Crippen molar-refractivity contribution in [3.8, 4) is 0 Å². The van der Waals surface area contributed by atoms with Crippen LogP contribution in [0.1, 0.15) is 54.0 Å². The summed E-state index contributed by atoms with van der Waals surface area (Å²) in [6, 6.07) is 7.06. The lowest BCUT2D eigenvalue weighted by atomic mass is 10.2. The zero-order chi connectivity index (χ0) is 23.9. The van der Waals surface area contributed by atoms with Gasteiger partial charge in [-0.2, -0.15) is 0 Å². The van der Waals surface area contributed by atoms with Crippen molar-refractivity contribution in [3.05, 3.63) is 35.9 Å². The molecule has 1 aromatic carbocycles. The maximum Gasteiger partial charge on any atom is 0.328 e. The average molecular weight is 457 g/mol. The van der Waals surface area contributed by atoms with Crippen molar-refractivity contribution in [1.82, 2.24) is 10.0 Å². The molecule has 1 rings (SSSR count). The van der Waals surface area contributed by atoms with E-state index in [1.807, 2.05) is 30.3 Å². The second-order valence-corrected chi connectivity index (χ2v) is 11.3. The molecule has 0 heterocycles. The smallest absolute Gasteiger partial charge is 0.328 e. The minimum Gasteiger partial charge on any atom is -0.458 e. The topological polar surface area (TPSA) is 111 Å². The number of benzene rings is 1. The molecule has 176 valence electrons. The van der Waals surface area contributed by atoms with Gasteiger partial charge in [0.25, 0.3) is 0 Å². The number of carbonyl (C=O) groups excluding carboxylic acids is 2. The van der Waals surface area contributed by atoms with Crippen LogP contribution in [0.5, 0.6) is 0 Å². The molecule has 1 aromatic rings. The summed E-state index contributed by atoms with van der Waals surface area (Å²) in [6.07, 6.45) is 0.305. The highest BCUT2D eigenvalue weighted by molar-refractivity contribution is 7.89. The third-order valence-corrected chi connectivity index (χ3v) is 5.33. The summed E-state index contributed by atoms with van der Waals surface area (Å²) >= 11 is 0. The predicted octanol–water partition coefficient (Wildman–Crippen LogP) is 2.18. The third-order valence-electron chi connectivity index (χ3n) is 3.94. The zero-order valence-corrected chi connectivity index (χ0v) is 20.3. The second-order valence-electron chi connectivity index (χ2n) is 9.41. The predicted molar refractivity (Wildman–Crippen MR) is 120 cm³/mol. The first kappa shape index (κ1) is 27.1. The van der Waals surface area contributed by atoms with Crippen molar-refractivity contribution in [2.75, 3.05) is 12.4 Å². The Bertz CT molecular complexity index is 826. The summed E-state index contributed by atoms with van der Waals surface area (Å²) in [5.74, 6) is -1.45. The average Bonchev–Trinajstić information content (AvgIpc) is 2.62. The Balaban J connectivity index is 2.84. The van der Waals surface area contributed by atoms with E-state index in [1.54, 1.807) is 41.5 Å². The first-order chi connectivity index (χ1) is 14.1. The van der Waals surface area contributed by atoms with Crippen LogP contribution in [0.4, 0.5) is 0 Å². The monoisotopic (exact) mass is 456 g/mol. The van der Waals surface area contributed by atoms with Gasteiger partial charge in [-0.15, -0.1) is 0 Å². The summed E-state index contributed by atoms with van der Waals surface area (Å²) in [5.41, 5.74) is -0.410. The van der Waals surface area contributed by atoms with Gasteiger partial charge >= 0.3 is 5.97 Å². The molecule has 1 amide bonds. The van der Waals surface area contributed by atoms with Crippen LogP contribution in [0.25, 0.3) is 0 Å². The van der Waals surface area contributed by atoms with Crippen molar-refractivity contribution in [2.24, 2.45) is 0 Å². The van der Waals surface area contributed by atoms with E-state index < -0.39 is 45.2 Å². The first-order valence-corrected chi connectivity index (χ1v) is 11.9. The molecular formula is C22H36N2O6S. The molecule has 0 bridgehead atoms. The highest BCUT2D eigenvalue weighted by Gasteiger charge is 2.30. The lowest BCUT2D eigenvalue weighted by Gasteiger charge is -2.26. The Morgan fingerprint density at radius 3 is 2.10 bits per heavy atom. The molecule has 2 unspecified atom stereocenters. The van der Waals surface area contributed by atoms with Crippen LogP contribution >= 0.6 is 0 Å². The molecule has 9 heteroatoms. The van der Waals surface area contributed by atoms with Crippen LogP contribution in [0.2, 0.25) is 0 Å².